The van der Waals surface area contributed by atoms with E-state index in [1.54, 1.807) is 11.3 Å². The molecular weight excluding hydrogens is 192 g/mol. The van der Waals surface area contributed by atoms with Gasteiger partial charge in [-0.2, -0.15) is 16.6 Å². The van der Waals surface area contributed by atoms with Gasteiger partial charge in [-0.15, -0.1) is 0 Å². The lowest BCUT2D eigenvalue weighted by Gasteiger charge is -2.13. The van der Waals surface area contributed by atoms with E-state index in [0.29, 0.717) is 6.04 Å². The van der Waals surface area contributed by atoms with E-state index in [1.165, 1.54) is 5.56 Å². The standard InChI is InChI=1S/C11H16N2S/c1-9(6-12)7-13-10(2)5-11-3-4-14-8-11/h3-4,8-10,13H,5,7H2,1-2H3. The zero-order valence-corrected chi connectivity index (χ0v) is 9.47. The van der Waals surface area contributed by atoms with Crippen LogP contribution in [-0.4, -0.2) is 12.6 Å². The second-order valence-electron chi connectivity index (χ2n) is 3.68. The number of thiophene rings is 1. The van der Waals surface area contributed by atoms with Gasteiger partial charge in [-0.1, -0.05) is 0 Å². The van der Waals surface area contributed by atoms with E-state index < -0.39 is 0 Å². The first-order valence-corrected chi connectivity index (χ1v) is 5.80. The second kappa shape index (κ2) is 5.79. The van der Waals surface area contributed by atoms with Gasteiger partial charge in [0, 0.05) is 12.6 Å². The molecule has 1 N–H and O–H groups in total. The second-order valence-corrected chi connectivity index (χ2v) is 4.46. The molecule has 0 saturated carbocycles. The molecule has 0 aromatic carbocycles. The van der Waals surface area contributed by atoms with Crippen LogP contribution >= 0.6 is 11.3 Å². The average Bonchev–Trinajstić information content (AvgIpc) is 2.66. The summed E-state index contributed by atoms with van der Waals surface area (Å²) in [7, 11) is 0. The van der Waals surface area contributed by atoms with Crippen LogP contribution in [0.4, 0.5) is 0 Å². The van der Waals surface area contributed by atoms with Gasteiger partial charge >= 0.3 is 0 Å². The topological polar surface area (TPSA) is 35.8 Å². The Bertz CT molecular complexity index is 287. The van der Waals surface area contributed by atoms with Crippen molar-refractivity contribution in [2.24, 2.45) is 5.92 Å². The molecule has 2 nitrogen and oxygen atoms in total. The fraction of sp³-hybridized carbons (Fsp3) is 0.545. The van der Waals surface area contributed by atoms with Gasteiger partial charge in [-0.05, 0) is 42.7 Å². The minimum atomic E-state index is 0.0972. The molecule has 76 valence electrons. The molecule has 1 aromatic heterocycles. The Balaban J connectivity index is 2.23. The summed E-state index contributed by atoms with van der Waals surface area (Å²) in [6.45, 7) is 4.87. The first-order valence-electron chi connectivity index (χ1n) is 4.86. The molecule has 0 saturated heterocycles. The summed E-state index contributed by atoms with van der Waals surface area (Å²) in [4.78, 5) is 0. The van der Waals surface area contributed by atoms with E-state index in [2.05, 4.69) is 35.1 Å². The van der Waals surface area contributed by atoms with Crippen molar-refractivity contribution in [1.82, 2.24) is 5.32 Å². The van der Waals surface area contributed by atoms with Crippen molar-refractivity contribution in [2.75, 3.05) is 6.54 Å². The van der Waals surface area contributed by atoms with E-state index in [4.69, 9.17) is 5.26 Å². The zero-order valence-electron chi connectivity index (χ0n) is 8.66. The van der Waals surface area contributed by atoms with Gasteiger partial charge in [-0.3, -0.25) is 0 Å². The Morgan fingerprint density at radius 2 is 2.36 bits per heavy atom. The predicted molar refractivity (Wildman–Crippen MR) is 60.3 cm³/mol. The molecule has 0 aliphatic heterocycles. The molecule has 1 heterocycles. The van der Waals surface area contributed by atoms with Crippen LogP contribution in [0.5, 0.6) is 0 Å². The van der Waals surface area contributed by atoms with Crippen LogP contribution in [0.15, 0.2) is 16.8 Å². The van der Waals surface area contributed by atoms with Crippen molar-refractivity contribution in [2.45, 2.75) is 26.3 Å². The number of hydrogen-bond donors (Lipinski definition) is 1. The molecule has 0 radical (unpaired) electrons. The van der Waals surface area contributed by atoms with Crippen molar-refractivity contribution in [1.29, 1.82) is 5.26 Å². The lowest BCUT2D eigenvalue weighted by Crippen LogP contribution is -2.31. The Kier molecular flexibility index (Phi) is 4.64. The maximum absolute atomic E-state index is 8.62. The van der Waals surface area contributed by atoms with Crippen LogP contribution in [0.1, 0.15) is 19.4 Å². The summed E-state index contributed by atoms with van der Waals surface area (Å²) >= 11 is 1.73. The van der Waals surface area contributed by atoms with Crippen molar-refractivity contribution in [3.63, 3.8) is 0 Å². The van der Waals surface area contributed by atoms with Crippen molar-refractivity contribution in [3.8, 4) is 6.07 Å². The molecule has 1 aromatic rings. The largest absolute Gasteiger partial charge is 0.313 e. The summed E-state index contributed by atoms with van der Waals surface area (Å²) in [6, 6.07) is 4.81. The molecule has 0 amide bonds. The first kappa shape index (κ1) is 11.2. The Hall–Kier alpha value is -0.850. The van der Waals surface area contributed by atoms with Gasteiger partial charge in [-0.25, -0.2) is 0 Å². The summed E-state index contributed by atoms with van der Waals surface area (Å²) in [6.07, 6.45) is 1.04. The smallest absolute Gasteiger partial charge is 0.0666 e. The predicted octanol–water partition coefficient (Wildman–Crippen LogP) is 2.43. The molecule has 0 spiro atoms. The van der Waals surface area contributed by atoms with Gasteiger partial charge < -0.3 is 5.32 Å². The fourth-order valence-electron chi connectivity index (χ4n) is 1.26. The Morgan fingerprint density at radius 3 is 2.93 bits per heavy atom. The van der Waals surface area contributed by atoms with Crippen LogP contribution < -0.4 is 5.32 Å². The Labute approximate surface area is 89.6 Å². The molecule has 1 rings (SSSR count). The van der Waals surface area contributed by atoms with E-state index in [9.17, 15) is 0 Å². The highest BCUT2D eigenvalue weighted by Crippen LogP contribution is 2.08. The van der Waals surface area contributed by atoms with Crippen LogP contribution in [-0.2, 0) is 6.42 Å². The third-order valence-electron chi connectivity index (χ3n) is 2.11. The van der Waals surface area contributed by atoms with E-state index in [-0.39, 0.29) is 5.92 Å². The summed E-state index contributed by atoms with van der Waals surface area (Å²) < 4.78 is 0. The molecule has 14 heavy (non-hydrogen) atoms. The van der Waals surface area contributed by atoms with Crippen LogP contribution in [0.2, 0.25) is 0 Å². The third kappa shape index (κ3) is 3.91. The minimum Gasteiger partial charge on any atom is -0.313 e. The van der Waals surface area contributed by atoms with Gasteiger partial charge in [0.05, 0.1) is 12.0 Å². The van der Waals surface area contributed by atoms with E-state index in [1.807, 2.05) is 6.92 Å². The van der Waals surface area contributed by atoms with Gasteiger partial charge in [0.25, 0.3) is 0 Å². The van der Waals surface area contributed by atoms with Gasteiger partial charge in [0.2, 0.25) is 0 Å². The average molecular weight is 208 g/mol. The van der Waals surface area contributed by atoms with Crippen molar-refractivity contribution >= 4 is 11.3 Å². The van der Waals surface area contributed by atoms with Crippen LogP contribution in [0.3, 0.4) is 0 Å². The molecule has 0 bridgehead atoms. The fourth-order valence-corrected chi connectivity index (χ4v) is 1.94. The maximum atomic E-state index is 8.62. The van der Waals surface area contributed by atoms with Crippen molar-refractivity contribution in [3.05, 3.63) is 22.4 Å². The molecule has 0 aliphatic carbocycles. The lowest BCUT2D eigenvalue weighted by molar-refractivity contribution is 0.509. The van der Waals surface area contributed by atoms with E-state index >= 15 is 0 Å². The maximum Gasteiger partial charge on any atom is 0.0666 e. The molecule has 0 aliphatic rings. The normalized spacial score (nSPS) is 14.6. The highest BCUT2D eigenvalue weighted by Gasteiger charge is 2.05. The zero-order chi connectivity index (χ0) is 10.4. The quantitative estimate of drug-likeness (QED) is 0.806. The van der Waals surface area contributed by atoms with Crippen LogP contribution in [0.25, 0.3) is 0 Å². The van der Waals surface area contributed by atoms with Gasteiger partial charge in [0.15, 0.2) is 0 Å². The summed E-state index contributed by atoms with van der Waals surface area (Å²) in [5.74, 6) is 0.0972. The highest BCUT2D eigenvalue weighted by molar-refractivity contribution is 7.07. The van der Waals surface area contributed by atoms with Crippen molar-refractivity contribution < 1.29 is 0 Å². The van der Waals surface area contributed by atoms with Crippen LogP contribution in [0, 0.1) is 17.2 Å². The molecule has 0 fully saturated rings. The molecule has 2 atom stereocenters. The summed E-state index contributed by atoms with van der Waals surface area (Å²) in [5.41, 5.74) is 1.37. The highest BCUT2D eigenvalue weighted by atomic mass is 32.1. The number of nitriles is 1. The monoisotopic (exact) mass is 208 g/mol. The van der Waals surface area contributed by atoms with E-state index in [0.717, 1.165) is 13.0 Å². The minimum absolute atomic E-state index is 0.0972. The molecular formula is C11H16N2S. The number of rotatable bonds is 5. The summed E-state index contributed by atoms with van der Waals surface area (Å²) in [5, 5.41) is 16.2. The first-order chi connectivity index (χ1) is 6.72. The Morgan fingerprint density at radius 1 is 1.57 bits per heavy atom. The lowest BCUT2D eigenvalue weighted by atomic mass is 10.1. The third-order valence-corrected chi connectivity index (χ3v) is 2.85. The molecule has 2 unspecified atom stereocenters. The number of nitrogens with zero attached hydrogens (tertiary/aromatic N) is 1. The number of hydrogen-bond acceptors (Lipinski definition) is 3. The number of nitrogens with one attached hydrogen (secondary N) is 1. The van der Waals surface area contributed by atoms with Gasteiger partial charge in [0.1, 0.15) is 0 Å². The molecule has 3 heteroatoms. The SMILES string of the molecule is CC(C#N)CNC(C)Cc1ccsc1.